The van der Waals surface area contributed by atoms with E-state index in [2.05, 4.69) is 4.74 Å². The zero-order chi connectivity index (χ0) is 12.3. The zero-order valence-corrected chi connectivity index (χ0v) is 9.96. The second-order valence-corrected chi connectivity index (χ2v) is 3.32. The average Bonchev–Trinajstić information content (AvgIpc) is 2.22. The first-order valence-electron chi connectivity index (χ1n) is 4.56. The number of nitrogens with two attached hydrogens (primary N) is 2. The molecule has 0 radical (unpaired) electrons. The summed E-state index contributed by atoms with van der Waals surface area (Å²) in [4.78, 5) is 11.0. The molecule has 1 aromatic carbocycles. The van der Waals surface area contributed by atoms with Crippen molar-refractivity contribution in [1.29, 1.82) is 0 Å². The molecule has 5 nitrogen and oxygen atoms in total. The van der Waals surface area contributed by atoms with Gasteiger partial charge in [0.05, 0.1) is 19.2 Å². The number of halogens is 2. The third kappa shape index (κ3) is 3.76. The summed E-state index contributed by atoms with van der Waals surface area (Å²) in [7, 11) is 1.22. The van der Waals surface area contributed by atoms with E-state index in [4.69, 9.17) is 11.5 Å². The third-order valence-electron chi connectivity index (χ3n) is 2.15. The Morgan fingerprint density at radius 1 is 1.59 bits per heavy atom. The van der Waals surface area contributed by atoms with Crippen LogP contribution in [0.1, 0.15) is 18.0 Å². The van der Waals surface area contributed by atoms with Crippen molar-refractivity contribution in [2.45, 2.75) is 12.5 Å². The summed E-state index contributed by atoms with van der Waals surface area (Å²) in [5.74, 6) is -1.47. The van der Waals surface area contributed by atoms with Crippen molar-refractivity contribution in [1.82, 2.24) is 0 Å². The van der Waals surface area contributed by atoms with Crippen LogP contribution in [0.15, 0.2) is 12.1 Å². The van der Waals surface area contributed by atoms with Gasteiger partial charge in [0.2, 0.25) is 0 Å². The van der Waals surface area contributed by atoms with E-state index in [-0.39, 0.29) is 35.8 Å². The summed E-state index contributed by atoms with van der Waals surface area (Å²) in [6, 6.07) is 1.16. The van der Waals surface area contributed by atoms with Crippen molar-refractivity contribution in [3.8, 4) is 5.75 Å². The van der Waals surface area contributed by atoms with Gasteiger partial charge in [-0.05, 0) is 6.07 Å². The van der Waals surface area contributed by atoms with E-state index in [0.717, 1.165) is 12.1 Å². The normalized spacial score (nSPS) is 11.5. The zero-order valence-electron chi connectivity index (χ0n) is 9.14. The Morgan fingerprint density at radius 2 is 2.18 bits per heavy atom. The van der Waals surface area contributed by atoms with Crippen LogP contribution in [0.2, 0.25) is 0 Å². The standard InChI is InChI=1S/C10H13FN2O3.ClH/c1-16-9(14)4-7(12)6-2-5(11)3-8(13)10(6)15;/h2-3,7,15H,4,12-13H2,1H3;1H/t7-;/m1./s1. The number of phenols is 1. The molecule has 0 amide bonds. The number of benzene rings is 1. The van der Waals surface area contributed by atoms with Crippen LogP contribution in [0.4, 0.5) is 10.1 Å². The number of aromatic hydroxyl groups is 1. The lowest BCUT2D eigenvalue weighted by Gasteiger charge is -2.13. The van der Waals surface area contributed by atoms with Gasteiger partial charge >= 0.3 is 5.97 Å². The van der Waals surface area contributed by atoms with Gasteiger partial charge in [0.1, 0.15) is 11.6 Å². The number of esters is 1. The number of carbonyl (C=O) groups is 1. The molecule has 0 fully saturated rings. The molecule has 0 saturated heterocycles. The summed E-state index contributed by atoms with van der Waals surface area (Å²) in [6.45, 7) is 0. The van der Waals surface area contributed by atoms with Crippen LogP contribution in [0.5, 0.6) is 5.75 Å². The largest absolute Gasteiger partial charge is 0.505 e. The highest BCUT2D eigenvalue weighted by Crippen LogP contribution is 2.31. The first-order chi connectivity index (χ1) is 7.45. The summed E-state index contributed by atoms with van der Waals surface area (Å²) < 4.78 is 17.4. The molecule has 0 aliphatic heterocycles. The molecule has 0 unspecified atom stereocenters. The van der Waals surface area contributed by atoms with Gasteiger partial charge in [-0.25, -0.2) is 4.39 Å². The molecule has 0 spiro atoms. The molecule has 1 rings (SSSR count). The number of carbonyl (C=O) groups excluding carboxylic acids is 1. The third-order valence-corrected chi connectivity index (χ3v) is 2.15. The second-order valence-electron chi connectivity index (χ2n) is 3.32. The van der Waals surface area contributed by atoms with Crippen LogP contribution in [-0.2, 0) is 9.53 Å². The fourth-order valence-electron chi connectivity index (χ4n) is 1.30. The minimum Gasteiger partial charge on any atom is -0.505 e. The number of hydrogen-bond donors (Lipinski definition) is 3. The molecule has 17 heavy (non-hydrogen) atoms. The molecule has 7 heteroatoms. The first kappa shape index (κ1) is 15.5. The Hall–Kier alpha value is -1.53. The summed E-state index contributed by atoms with van der Waals surface area (Å²) in [5, 5.41) is 9.55. The fraction of sp³-hybridized carbons (Fsp3) is 0.300. The predicted molar refractivity (Wildman–Crippen MR) is 63.3 cm³/mol. The van der Waals surface area contributed by atoms with Crippen LogP contribution in [0.25, 0.3) is 0 Å². The fourth-order valence-corrected chi connectivity index (χ4v) is 1.30. The Bertz CT molecular complexity index is 415. The molecule has 0 heterocycles. The molecule has 1 aromatic rings. The number of rotatable bonds is 3. The van der Waals surface area contributed by atoms with E-state index in [9.17, 15) is 14.3 Å². The highest BCUT2D eigenvalue weighted by Gasteiger charge is 2.18. The van der Waals surface area contributed by atoms with E-state index in [1.165, 1.54) is 7.11 Å². The topological polar surface area (TPSA) is 98.6 Å². The Balaban J connectivity index is 0.00000256. The highest BCUT2D eigenvalue weighted by molar-refractivity contribution is 5.85. The van der Waals surface area contributed by atoms with Crippen molar-refractivity contribution < 1.29 is 19.0 Å². The second kappa shape index (κ2) is 6.27. The van der Waals surface area contributed by atoms with Crippen LogP contribution in [0.3, 0.4) is 0 Å². The average molecular weight is 265 g/mol. The van der Waals surface area contributed by atoms with Crippen LogP contribution >= 0.6 is 12.4 Å². The van der Waals surface area contributed by atoms with Crippen molar-refractivity contribution in [3.63, 3.8) is 0 Å². The molecular formula is C10H14ClFN2O3. The van der Waals surface area contributed by atoms with Gasteiger partial charge in [-0.1, -0.05) is 0 Å². The van der Waals surface area contributed by atoms with Gasteiger partial charge in [-0.2, -0.15) is 0 Å². The minimum atomic E-state index is -0.856. The maximum Gasteiger partial charge on any atom is 0.307 e. The van der Waals surface area contributed by atoms with E-state index in [0.29, 0.717) is 0 Å². The molecule has 0 saturated carbocycles. The Labute approximate surface area is 104 Å². The van der Waals surface area contributed by atoms with E-state index < -0.39 is 17.8 Å². The molecule has 96 valence electrons. The van der Waals surface area contributed by atoms with Crippen molar-refractivity contribution in [2.24, 2.45) is 5.73 Å². The van der Waals surface area contributed by atoms with E-state index >= 15 is 0 Å². The van der Waals surface area contributed by atoms with Gasteiger partial charge in [-0.3, -0.25) is 4.79 Å². The summed E-state index contributed by atoms with van der Waals surface area (Å²) in [5.41, 5.74) is 11.0. The predicted octanol–water partition coefficient (Wildman–Crippen LogP) is 1.10. The Morgan fingerprint density at radius 3 is 2.71 bits per heavy atom. The number of anilines is 1. The molecule has 0 aromatic heterocycles. The lowest BCUT2D eigenvalue weighted by atomic mass is 10.0. The SMILES string of the molecule is COC(=O)C[C@@H](N)c1cc(F)cc(N)c1O.Cl. The molecular weight excluding hydrogens is 251 g/mol. The van der Waals surface area contributed by atoms with Crippen molar-refractivity contribution in [2.75, 3.05) is 12.8 Å². The van der Waals surface area contributed by atoms with Gasteiger partial charge in [-0.15, -0.1) is 12.4 Å². The molecule has 0 aliphatic rings. The summed E-state index contributed by atoms with van der Waals surface area (Å²) >= 11 is 0. The monoisotopic (exact) mass is 264 g/mol. The number of hydrogen-bond acceptors (Lipinski definition) is 5. The first-order valence-corrected chi connectivity index (χ1v) is 4.56. The highest BCUT2D eigenvalue weighted by atomic mass is 35.5. The maximum absolute atomic E-state index is 13.0. The molecule has 0 bridgehead atoms. The van der Waals surface area contributed by atoms with Gasteiger partial charge in [0, 0.05) is 17.7 Å². The van der Waals surface area contributed by atoms with Gasteiger partial charge in [0.15, 0.2) is 0 Å². The minimum absolute atomic E-state index is 0. The van der Waals surface area contributed by atoms with Gasteiger partial charge in [0.25, 0.3) is 0 Å². The maximum atomic E-state index is 13.0. The number of methoxy groups -OCH3 is 1. The lowest BCUT2D eigenvalue weighted by molar-refractivity contribution is -0.141. The van der Waals surface area contributed by atoms with Crippen LogP contribution < -0.4 is 11.5 Å². The number of nitrogen functional groups attached to an aromatic ring is 1. The summed E-state index contributed by atoms with van der Waals surface area (Å²) in [6.07, 6.45) is -0.160. The molecule has 0 aliphatic carbocycles. The van der Waals surface area contributed by atoms with Crippen LogP contribution in [0, 0.1) is 5.82 Å². The Kier molecular flexibility index (Phi) is 5.70. The van der Waals surface area contributed by atoms with Crippen LogP contribution in [-0.4, -0.2) is 18.2 Å². The molecule has 5 N–H and O–H groups in total. The van der Waals surface area contributed by atoms with Gasteiger partial charge < -0.3 is 21.3 Å². The number of ether oxygens (including phenoxy) is 1. The van der Waals surface area contributed by atoms with Crippen molar-refractivity contribution >= 4 is 24.1 Å². The van der Waals surface area contributed by atoms with E-state index in [1.807, 2.05) is 0 Å². The lowest BCUT2D eigenvalue weighted by Crippen LogP contribution is -2.17. The number of phenolic OH excluding ortho intramolecular Hbond substituents is 1. The van der Waals surface area contributed by atoms with Crippen molar-refractivity contribution in [3.05, 3.63) is 23.5 Å². The smallest absolute Gasteiger partial charge is 0.307 e. The quantitative estimate of drug-likeness (QED) is 0.431. The molecule has 1 atom stereocenters. The van der Waals surface area contributed by atoms with E-state index in [1.54, 1.807) is 0 Å².